The summed E-state index contributed by atoms with van der Waals surface area (Å²) in [6.45, 7) is 1.92. The summed E-state index contributed by atoms with van der Waals surface area (Å²) < 4.78 is 43.2. The van der Waals surface area contributed by atoms with Crippen LogP contribution in [0.2, 0.25) is 0 Å². The normalized spacial score (nSPS) is 21.8. The molecule has 0 unspecified atom stereocenters. The Balaban J connectivity index is 1.51. The molecule has 2 N–H and O–H groups in total. The third kappa shape index (κ3) is 3.61. The second kappa shape index (κ2) is 7.54. The van der Waals surface area contributed by atoms with E-state index in [-0.39, 0.29) is 28.6 Å². The van der Waals surface area contributed by atoms with E-state index < -0.39 is 10.0 Å². The summed E-state index contributed by atoms with van der Waals surface area (Å²) in [6.07, 6.45) is 5.03. The molecule has 0 fully saturated rings. The van der Waals surface area contributed by atoms with Crippen molar-refractivity contribution in [2.75, 3.05) is 10.0 Å². The van der Waals surface area contributed by atoms with E-state index in [2.05, 4.69) is 22.2 Å². The third-order valence-corrected chi connectivity index (χ3v) is 7.53. The molecule has 0 amide bonds. The Kier molecular flexibility index (Phi) is 4.82. The average Bonchev–Trinajstić information content (AvgIpc) is 3.23. The highest BCUT2D eigenvalue weighted by atomic mass is 32.2. The minimum absolute atomic E-state index is 0.0370. The van der Waals surface area contributed by atoms with Crippen molar-refractivity contribution < 1.29 is 12.8 Å². The number of benzene rings is 3. The molecular weight excluding hydrogens is 411 g/mol. The molecule has 0 aromatic heterocycles. The van der Waals surface area contributed by atoms with Gasteiger partial charge in [0.25, 0.3) is 10.0 Å². The van der Waals surface area contributed by atoms with E-state index in [1.54, 1.807) is 36.4 Å². The molecule has 158 valence electrons. The first-order valence-corrected chi connectivity index (χ1v) is 11.8. The van der Waals surface area contributed by atoms with Crippen LogP contribution in [0.1, 0.15) is 35.1 Å². The van der Waals surface area contributed by atoms with E-state index >= 15 is 0 Å². The molecule has 3 aromatic rings. The van der Waals surface area contributed by atoms with Crippen LogP contribution in [0, 0.1) is 18.7 Å². The molecule has 4 nitrogen and oxygen atoms in total. The van der Waals surface area contributed by atoms with Gasteiger partial charge in [-0.15, -0.1) is 0 Å². The van der Waals surface area contributed by atoms with E-state index in [1.165, 1.54) is 6.07 Å². The van der Waals surface area contributed by atoms with Crippen LogP contribution >= 0.6 is 0 Å². The van der Waals surface area contributed by atoms with Crippen molar-refractivity contribution in [3.8, 4) is 0 Å². The molecule has 0 saturated carbocycles. The number of rotatable bonds is 4. The number of aryl methyl sites for hydroxylation is 1. The van der Waals surface area contributed by atoms with Crippen molar-refractivity contribution in [2.45, 2.75) is 30.2 Å². The monoisotopic (exact) mass is 434 g/mol. The lowest BCUT2D eigenvalue weighted by atomic mass is 9.77. The molecule has 1 aliphatic carbocycles. The summed E-state index contributed by atoms with van der Waals surface area (Å²) >= 11 is 0. The van der Waals surface area contributed by atoms with Crippen LogP contribution in [0.15, 0.2) is 83.8 Å². The van der Waals surface area contributed by atoms with Crippen molar-refractivity contribution in [1.82, 2.24) is 0 Å². The molecule has 6 heteroatoms. The maximum absolute atomic E-state index is 14.5. The van der Waals surface area contributed by atoms with Gasteiger partial charge in [0.2, 0.25) is 0 Å². The summed E-state index contributed by atoms with van der Waals surface area (Å²) in [7, 11) is -3.73. The Labute approximate surface area is 181 Å². The van der Waals surface area contributed by atoms with Crippen LogP contribution in [0.25, 0.3) is 0 Å². The van der Waals surface area contributed by atoms with E-state index in [0.29, 0.717) is 11.3 Å². The fourth-order valence-electron chi connectivity index (χ4n) is 4.70. The lowest BCUT2D eigenvalue weighted by Gasteiger charge is -2.37. The summed E-state index contributed by atoms with van der Waals surface area (Å²) in [6, 6.07) is 19.1. The third-order valence-electron chi connectivity index (χ3n) is 6.16. The fraction of sp³-hybridized carbons (Fsp3) is 0.200. The summed E-state index contributed by atoms with van der Waals surface area (Å²) in [5, 5.41) is 3.47. The Morgan fingerprint density at radius 2 is 1.84 bits per heavy atom. The Morgan fingerprint density at radius 1 is 1.00 bits per heavy atom. The van der Waals surface area contributed by atoms with Gasteiger partial charge < -0.3 is 5.32 Å². The number of sulfonamides is 1. The van der Waals surface area contributed by atoms with Gasteiger partial charge in [-0.1, -0.05) is 42.5 Å². The zero-order valence-electron chi connectivity index (χ0n) is 17.0. The quantitative estimate of drug-likeness (QED) is 0.513. The first kappa shape index (κ1) is 19.8. The number of halogens is 1. The zero-order chi connectivity index (χ0) is 21.6. The lowest BCUT2D eigenvalue weighted by molar-refractivity contribution is 0.413. The predicted molar refractivity (Wildman–Crippen MR) is 121 cm³/mol. The first-order valence-electron chi connectivity index (χ1n) is 10.3. The summed E-state index contributed by atoms with van der Waals surface area (Å²) in [5.74, 6) is -0.0577. The molecule has 3 aromatic carbocycles. The molecule has 2 aliphatic rings. The second-order valence-corrected chi connectivity index (χ2v) is 9.90. The van der Waals surface area contributed by atoms with Crippen molar-refractivity contribution in [2.24, 2.45) is 5.92 Å². The van der Waals surface area contributed by atoms with Gasteiger partial charge in [-0.25, -0.2) is 12.8 Å². The Morgan fingerprint density at radius 3 is 2.65 bits per heavy atom. The van der Waals surface area contributed by atoms with E-state index in [0.717, 1.165) is 23.2 Å². The highest BCUT2D eigenvalue weighted by Gasteiger charge is 2.39. The average molecular weight is 435 g/mol. The van der Waals surface area contributed by atoms with Crippen molar-refractivity contribution in [3.63, 3.8) is 0 Å². The number of nitrogens with one attached hydrogen (secondary N) is 2. The number of allylic oxidation sites excluding steroid dienone is 2. The Bertz CT molecular complexity index is 1290. The van der Waals surface area contributed by atoms with Gasteiger partial charge in [-0.05, 0) is 66.8 Å². The minimum Gasteiger partial charge on any atom is -0.378 e. The number of hydrogen-bond acceptors (Lipinski definition) is 3. The molecule has 0 radical (unpaired) electrons. The van der Waals surface area contributed by atoms with Crippen molar-refractivity contribution in [3.05, 3.63) is 101 Å². The number of fused-ring (bicyclic) bond motifs is 3. The molecule has 0 spiro atoms. The van der Waals surface area contributed by atoms with E-state index in [1.807, 2.05) is 31.2 Å². The van der Waals surface area contributed by atoms with Gasteiger partial charge in [-0.3, -0.25) is 4.72 Å². The maximum atomic E-state index is 14.5. The van der Waals surface area contributed by atoms with Crippen molar-refractivity contribution >= 4 is 21.4 Å². The van der Waals surface area contributed by atoms with E-state index in [4.69, 9.17) is 0 Å². The highest BCUT2D eigenvalue weighted by molar-refractivity contribution is 7.92. The smallest absolute Gasteiger partial charge is 0.261 e. The van der Waals surface area contributed by atoms with Crippen molar-refractivity contribution in [1.29, 1.82) is 0 Å². The van der Waals surface area contributed by atoms with E-state index in [9.17, 15) is 12.8 Å². The van der Waals surface area contributed by atoms with Gasteiger partial charge in [0, 0.05) is 22.9 Å². The van der Waals surface area contributed by atoms with Gasteiger partial charge >= 0.3 is 0 Å². The molecule has 0 saturated heterocycles. The second-order valence-electron chi connectivity index (χ2n) is 8.22. The van der Waals surface area contributed by atoms with Crippen LogP contribution in [0.3, 0.4) is 0 Å². The van der Waals surface area contributed by atoms with Gasteiger partial charge in [0.05, 0.1) is 10.9 Å². The first-order chi connectivity index (χ1) is 14.9. The highest BCUT2D eigenvalue weighted by Crippen LogP contribution is 2.50. The molecule has 1 aliphatic heterocycles. The lowest BCUT2D eigenvalue weighted by Crippen LogP contribution is -2.30. The van der Waals surface area contributed by atoms with Crippen LogP contribution in [-0.4, -0.2) is 8.42 Å². The van der Waals surface area contributed by atoms with Crippen LogP contribution < -0.4 is 10.0 Å². The topological polar surface area (TPSA) is 58.2 Å². The largest absolute Gasteiger partial charge is 0.378 e. The Hall–Kier alpha value is -3.12. The predicted octanol–water partition coefficient (Wildman–Crippen LogP) is 5.76. The maximum Gasteiger partial charge on any atom is 0.261 e. The molecule has 5 rings (SSSR count). The fourth-order valence-corrected chi connectivity index (χ4v) is 5.78. The zero-order valence-corrected chi connectivity index (χ0v) is 17.9. The molecule has 31 heavy (non-hydrogen) atoms. The SMILES string of the molecule is Cc1cccc(NS(=O)(=O)c2ccc3c(c2)[C@@H]2C=CC[C@H]2[C@@H](c2ccccc2F)N3)c1. The molecule has 3 atom stereocenters. The van der Waals surface area contributed by atoms with Gasteiger partial charge in [0.15, 0.2) is 0 Å². The van der Waals surface area contributed by atoms with Gasteiger partial charge in [0.1, 0.15) is 5.82 Å². The molecule has 1 heterocycles. The van der Waals surface area contributed by atoms with Crippen LogP contribution in [-0.2, 0) is 10.0 Å². The molecule has 0 bridgehead atoms. The standard InChI is InChI=1S/C25H23FN2O2S/c1-16-6-4-7-17(14-16)28-31(29,30)18-12-13-24-22(15-18)19-9-5-10-20(19)25(27-24)21-8-2-3-11-23(21)26/h2-9,11-15,19-20,25,27-28H,10H2,1H3/t19-,20-,25+/m1/s1. The number of hydrogen-bond donors (Lipinski definition) is 2. The summed E-state index contributed by atoms with van der Waals surface area (Å²) in [4.78, 5) is 0.220. The minimum atomic E-state index is -3.73. The van der Waals surface area contributed by atoms with Gasteiger partial charge in [-0.2, -0.15) is 0 Å². The van der Waals surface area contributed by atoms with Crippen LogP contribution in [0.5, 0.6) is 0 Å². The summed E-state index contributed by atoms with van der Waals surface area (Å²) in [5.41, 5.74) is 3.93. The van der Waals surface area contributed by atoms with Crippen LogP contribution in [0.4, 0.5) is 15.8 Å². The molecular formula is C25H23FN2O2S. The number of anilines is 2.